The van der Waals surface area contributed by atoms with E-state index < -0.39 is 30.3 Å². The lowest BCUT2D eigenvalue weighted by atomic mass is 9.90. The van der Waals surface area contributed by atoms with Crippen molar-refractivity contribution in [2.45, 2.75) is 38.7 Å². The number of aryl methyl sites for hydroxylation is 2. The summed E-state index contributed by atoms with van der Waals surface area (Å²) in [6.07, 6.45) is -1.41. The number of rotatable bonds is 6. The number of amides is 1. The molecule has 0 aromatic heterocycles. The van der Waals surface area contributed by atoms with E-state index >= 15 is 0 Å². The first kappa shape index (κ1) is 24.5. The highest BCUT2D eigenvalue weighted by atomic mass is 35.5. The fourth-order valence-corrected chi connectivity index (χ4v) is 4.38. The Labute approximate surface area is 206 Å². The van der Waals surface area contributed by atoms with Crippen molar-refractivity contribution >= 4 is 29.2 Å². The smallest absolute Gasteiger partial charge is 0.337 e. The van der Waals surface area contributed by atoms with Crippen LogP contribution in [0.5, 0.6) is 0 Å². The zero-order valence-electron chi connectivity index (χ0n) is 19.1. The van der Waals surface area contributed by atoms with Gasteiger partial charge in [-0.3, -0.25) is 9.59 Å². The third kappa shape index (κ3) is 5.10. The van der Waals surface area contributed by atoms with Crippen molar-refractivity contribution in [3.8, 4) is 11.1 Å². The molecule has 1 amide bonds. The molecular formula is C27H23ClF2N2O3. The van der Waals surface area contributed by atoms with Gasteiger partial charge in [0.1, 0.15) is 6.42 Å². The van der Waals surface area contributed by atoms with E-state index in [1.165, 1.54) is 0 Å². The molecule has 3 aromatic rings. The lowest BCUT2D eigenvalue weighted by Gasteiger charge is -2.25. The van der Waals surface area contributed by atoms with Crippen LogP contribution in [0.3, 0.4) is 0 Å². The zero-order valence-corrected chi connectivity index (χ0v) is 19.9. The predicted octanol–water partition coefficient (Wildman–Crippen LogP) is 6.41. The van der Waals surface area contributed by atoms with Crippen LogP contribution in [0.15, 0.2) is 71.8 Å². The number of benzene rings is 3. The molecular weight excluding hydrogens is 474 g/mol. The Morgan fingerprint density at radius 3 is 2.34 bits per heavy atom. The summed E-state index contributed by atoms with van der Waals surface area (Å²) in [4.78, 5) is 23.9. The fourth-order valence-electron chi connectivity index (χ4n) is 4.25. The van der Waals surface area contributed by atoms with Gasteiger partial charge in [-0.1, -0.05) is 71.8 Å². The standard InChI is InChI=1S/C27H23ClF2N2O3/c1-16-6-8-18(9-7-16)23-14-22(31-32(23)26(35)27(29,30)15-24(33)34)21-5-3-4-17(2)25(21)19-10-12-20(28)13-11-19/h3-13,23H,14-15H2,1-2H3,(H,33,34). The van der Waals surface area contributed by atoms with Gasteiger partial charge in [-0.25, -0.2) is 5.01 Å². The molecule has 1 unspecified atom stereocenters. The van der Waals surface area contributed by atoms with Crippen molar-refractivity contribution in [3.63, 3.8) is 0 Å². The highest BCUT2D eigenvalue weighted by Crippen LogP contribution is 2.39. The first-order valence-corrected chi connectivity index (χ1v) is 11.4. The molecule has 4 rings (SSSR count). The Morgan fingerprint density at radius 1 is 1.06 bits per heavy atom. The Bertz CT molecular complexity index is 1310. The maximum Gasteiger partial charge on any atom is 0.337 e. The van der Waals surface area contributed by atoms with Crippen LogP contribution in [0.4, 0.5) is 8.78 Å². The minimum atomic E-state index is -4.10. The maximum atomic E-state index is 14.6. The van der Waals surface area contributed by atoms with Crippen molar-refractivity contribution < 1.29 is 23.5 Å². The van der Waals surface area contributed by atoms with Crippen molar-refractivity contribution in [1.82, 2.24) is 5.01 Å². The van der Waals surface area contributed by atoms with E-state index in [0.29, 0.717) is 21.9 Å². The van der Waals surface area contributed by atoms with Gasteiger partial charge in [0, 0.05) is 17.0 Å². The van der Waals surface area contributed by atoms with Crippen molar-refractivity contribution in [2.24, 2.45) is 5.10 Å². The van der Waals surface area contributed by atoms with E-state index in [2.05, 4.69) is 5.10 Å². The summed E-state index contributed by atoms with van der Waals surface area (Å²) in [6, 6.07) is 19.3. The summed E-state index contributed by atoms with van der Waals surface area (Å²) < 4.78 is 29.2. The molecule has 5 nitrogen and oxygen atoms in total. The topological polar surface area (TPSA) is 70.0 Å². The molecule has 0 fully saturated rings. The van der Waals surface area contributed by atoms with Gasteiger partial charge < -0.3 is 5.11 Å². The molecule has 0 saturated heterocycles. The quantitative estimate of drug-likeness (QED) is 0.428. The number of hydrogen-bond donors (Lipinski definition) is 1. The van der Waals surface area contributed by atoms with Crippen LogP contribution in [-0.4, -0.2) is 33.6 Å². The Kier molecular flexibility index (Phi) is 6.72. The molecule has 0 saturated carbocycles. The molecule has 1 aliphatic heterocycles. The number of aliphatic carboxylic acids is 1. The number of hydrazone groups is 1. The third-order valence-corrected chi connectivity index (χ3v) is 6.24. The SMILES string of the molecule is Cc1ccc(C2CC(c3cccc(C)c3-c3ccc(Cl)cc3)=NN2C(=O)C(F)(F)CC(=O)O)cc1. The molecule has 180 valence electrons. The predicted molar refractivity (Wildman–Crippen MR) is 131 cm³/mol. The monoisotopic (exact) mass is 496 g/mol. The van der Waals surface area contributed by atoms with Crippen LogP contribution in [0.2, 0.25) is 5.02 Å². The van der Waals surface area contributed by atoms with Crippen LogP contribution in [0, 0.1) is 13.8 Å². The van der Waals surface area contributed by atoms with Gasteiger partial charge >= 0.3 is 17.8 Å². The van der Waals surface area contributed by atoms with E-state index in [0.717, 1.165) is 27.3 Å². The van der Waals surface area contributed by atoms with Gasteiger partial charge in [-0.2, -0.15) is 13.9 Å². The molecule has 0 spiro atoms. The zero-order chi connectivity index (χ0) is 25.3. The summed E-state index contributed by atoms with van der Waals surface area (Å²) in [6.45, 7) is 3.83. The molecule has 1 heterocycles. The number of carbonyl (C=O) groups excluding carboxylic acids is 1. The van der Waals surface area contributed by atoms with Crippen molar-refractivity contribution in [3.05, 3.63) is 94.0 Å². The second-order valence-electron chi connectivity index (χ2n) is 8.61. The summed E-state index contributed by atoms with van der Waals surface area (Å²) in [5.41, 5.74) is 5.46. The molecule has 3 aromatic carbocycles. The second kappa shape index (κ2) is 9.58. The summed E-state index contributed by atoms with van der Waals surface area (Å²) in [5, 5.41) is 14.6. The number of carboxylic acid groups (broad SMARTS) is 1. The minimum Gasteiger partial charge on any atom is -0.481 e. The van der Waals surface area contributed by atoms with E-state index in [9.17, 15) is 18.4 Å². The minimum absolute atomic E-state index is 0.196. The molecule has 1 atom stereocenters. The number of alkyl halides is 2. The molecule has 8 heteroatoms. The number of nitrogens with zero attached hydrogens (tertiary/aromatic N) is 2. The second-order valence-corrected chi connectivity index (χ2v) is 9.04. The van der Waals surface area contributed by atoms with Crippen LogP contribution < -0.4 is 0 Å². The van der Waals surface area contributed by atoms with E-state index in [1.807, 2.05) is 56.3 Å². The molecule has 1 N–H and O–H groups in total. The van der Waals surface area contributed by atoms with Crippen LogP contribution >= 0.6 is 11.6 Å². The Hall–Kier alpha value is -3.58. The van der Waals surface area contributed by atoms with Gasteiger partial charge in [0.15, 0.2) is 0 Å². The van der Waals surface area contributed by atoms with Gasteiger partial charge in [0.25, 0.3) is 0 Å². The van der Waals surface area contributed by atoms with E-state index in [-0.39, 0.29) is 6.42 Å². The fraction of sp³-hybridized carbons (Fsp3) is 0.222. The highest BCUT2D eigenvalue weighted by molar-refractivity contribution is 6.30. The maximum absolute atomic E-state index is 14.6. The van der Waals surface area contributed by atoms with E-state index in [4.69, 9.17) is 16.7 Å². The summed E-state index contributed by atoms with van der Waals surface area (Å²) in [7, 11) is 0. The Morgan fingerprint density at radius 2 is 1.71 bits per heavy atom. The average molecular weight is 497 g/mol. The van der Waals surface area contributed by atoms with Crippen molar-refractivity contribution in [2.75, 3.05) is 0 Å². The molecule has 35 heavy (non-hydrogen) atoms. The highest BCUT2D eigenvalue weighted by Gasteiger charge is 2.48. The number of hydrogen-bond acceptors (Lipinski definition) is 3. The van der Waals surface area contributed by atoms with Gasteiger partial charge in [0.05, 0.1) is 11.8 Å². The van der Waals surface area contributed by atoms with Gasteiger partial charge in [-0.05, 0) is 48.2 Å². The van der Waals surface area contributed by atoms with Gasteiger partial charge in [-0.15, -0.1) is 0 Å². The van der Waals surface area contributed by atoms with Gasteiger partial charge in [0.2, 0.25) is 0 Å². The first-order chi connectivity index (χ1) is 16.6. The van der Waals surface area contributed by atoms with E-state index in [1.54, 1.807) is 24.3 Å². The number of halogens is 3. The lowest BCUT2D eigenvalue weighted by Crippen LogP contribution is -2.42. The number of carboxylic acids is 1. The molecule has 0 aliphatic carbocycles. The molecule has 0 bridgehead atoms. The average Bonchev–Trinajstić information content (AvgIpc) is 3.24. The Balaban J connectivity index is 1.81. The molecule has 0 radical (unpaired) electrons. The summed E-state index contributed by atoms with van der Waals surface area (Å²) >= 11 is 6.06. The van der Waals surface area contributed by atoms with Crippen LogP contribution in [-0.2, 0) is 9.59 Å². The first-order valence-electron chi connectivity index (χ1n) is 11.0. The largest absolute Gasteiger partial charge is 0.481 e. The van der Waals surface area contributed by atoms with Crippen molar-refractivity contribution in [1.29, 1.82) is 0 Å². The number of carbonyl (C=O) groups is 2. The van der Waals surface area contributed by atoms with Crippen LogP contribution in [0.25, 0.3) is 11.1 Å². The lowest BCUT2D eigenvalue weighted by molar-refractivity contribution is -0.167. The van der Waals surface area contributed by atoms with Crippen LogP contribution in [0.1, 0.15) is 41.1 Å². The molecule has 1 aliphatic rings. The summed E-state index contributed by atoms with van der Waals surface area (Å²) in [5.74, 6) is -7.50. The third-order valence-electron chi connectivity index (χ3n) is 5.98. The normalized spacial score (nSPS) is 15.7.